The number of piperazine rings is 1. The molecule has 1 aromatic carbocycles. The van der Waals surface area contributed by atoms with Crippen LogP contribution in [0.15, 0.2) is 48.5 Å². The van der Waals surface area contributed by atoms with Crippen LogP contribution in [0.4, 0.5) is 11.5 Å². The maximum atomic E-state index is 4.60. The molecule has 0 aliphatic carbocycles. The zero-order chi connectivity index (χ0) is 14.5. The van der Waals surface area contributed by atoms with Crippen molar-refractivity contribution in [1.29, 1.82) is 0 Å². The first-order valence-electron chi connectivity index (χ1n) is 7.51. The highest BCUT2D eigenvalue weighted by Crippen LogP contribution is 2.16. The van der Waals surface area contributed by atoms with Gasteiger partial charge >= 0.3 is 0 Å². The van der Waals surface area contributed by atoms with Crippen LogP contribution in [0.3, 0.4) is 0 Å². The fraction of sp³-hybridized carbons (Fsp3) is 0.353. The summed E-state index contributed by atoms with van der Waals surface area (Å²) in [6.07, 6.45) is 0. The Kier molecular flexibility index (Phi) is 4.36. The first-order valence-corrected chi connectivity index (χ1v) is 7.51. The van der Waals surface area contributed by atoms with Crippen molar-refractivity contribution in [2.75, 3.05) is 43.4 Å². The molecule has 1 fully saturated rings. The molecule has 3 rings (SSSR count). The summed E-state index contributed by atoms with van der Waals surface area (Å²) in [6.45, 7) is 5.25. The van der Waals surface area contributed by atoms with Crippen molar-refractivity contribution in [3.05, 3.63) is 54.2 Å². The first kappa shape index (κ1) is 13.9. The molecule has 1 aliphatic heterocycles. The van der Waals surface area contributed by atoms with E-state index in [9.17, 15) is 0 Å². The van der Waals surface area contributed by atoms with Crippen LogP contribution < -0.4 is 10.2 Å². The van der Waals surface area contributed by atoms with Gasteiger partial charge in [0.05, 0.1) is 5.69 Å². The number of nitrogens with zero attached hydrogens (tertiary/aromatic N) is 3. The minimum Gasteiger partial charge on any atom is -0.373 e. The lowest BCUT2D eigenvalue weighted by Crippen LogP contribution is -2.46. The standard InChI is InChI=1S/C17H22N4/c1-18-17-9-5-6-15(19-17)14-20-10-12-21(13-11-20)16-7-3-2-4-8-16/h2-9H,10-14H2,1H3,(H,18,19). The van der Waals surface area contributed by atoms with Crippen LogP contribution in [-0.4, -0.2) is 43.1 Å². The summed E-state index contributed by atoms with van der Waals surface area (Å²) in [5.74, 6) is 0.940. The van der Waals surface area contributed by atoms with Crippen LogP contribution >= 0.6 is 0 Å². The number of rotatable bonds is 4. The van der Waals surface area contributed by atoms with Gasteiger partial charge in [0, 0.05) is 45.5 Å². The van der Waals surface area contributed by atoms with E-state index in [0.29, 0.717) is 0 Å². The third-order valence-corrected chi connectivity index (χ3v) is 3.94. The molecule has 0 bridgehead atoms. The smallest absolute Gasteiger partial charge is 0.126 e. The minimum absolute atomic E-state index is 0.929. The topological polar surface area (TPSA) is 31.4 Å². The molecule has 2 aromatic rings. The van der Waals surface area contributed by atoms with Crippen molar-refractivity contribution >= 4 is 11.5 Å². The van der Waals surface area contributed by atoms with Crippen LogP contribution in [0.5, 0.6) is 0 Å². The van der Waals surface area contributed by atoms with Gasteiger partial charge in [-0.1, -0.05) is 24.3 Å². The number of hydrogen-bond donors (Lipinski definition) is 1. The predicted molar refractivity (Wildman–Crippen MR) is 87.7 cm³/mol. The van der Waals surface area contributed by atoms with Crippen molar-refractivity contribution in [1.82, 2.24) is 9.88 Å². The van der Waals surface area contributed by atoms with E-state index >= 15 is 0 Å². The molecule has 0 atom stereocenters. The predicted octanol–water partition coefficient (Wildman–Crippen LogP) is 2.45. The Morgan fingerprint density at radius 2 is 1.71 bits per heavy atom. The van der Waals surface area contributed by atoms with E-state index in [4.69, 9.17) is 0 Å². The van der Waals surface area contributed by atoms with Crippen molar-refractivity contribution in [3.63, 3.8) is 0 Å². The number of benzene rings is 1. The van der Waals surface area contributed by atoms with Crippen molar-refractivity contribution in [3.8, 4) is 0 Å². The van der Waals surface area contributed by atoms with Gasteiger partial charge in [-0.3, -0.25) is 4.90 Å². The third-order valence-electron chi connectivity index (χ3n) is 3.94. The molecule has 0 radical (unpaired) electrons. The lowest BCUT2D eigenvalue weighted by molar-refractivity contribution is 0.247. The van der Waals surface area contributed by atoms with Crippen molar-refractivity contribution < 1.29 is 0 Å². The SMILES string of the molecule is CNc1cccc(CN2CCN(c3ccccc3)CC2)n1. The highest BCUT2D eigenvalue weighted by atomic mass is 15.3. The molecule has 21 heavy (non-hydrogen) atoms. The second-order valence-corrected chi connectivity index (χ2v) is 5.36. The number of anilines is 2. The monoisotopic (exact) mass is 282 g/mol. The lowest BCUT2D eigenvalue weighted by Gasteiger charge is -2.36. The van der Waals surface area contributed by atoms with E-state index in [-0.39, 0.29) is 0 Å². The van der Waals surface area contributed by atoms with E-state index in [2.05, 4.69) is 62.6 Å². The normalized spacial score (nSPS) is 16.0. The first-order chi connectivity index (χ1) is 10.3. The Bertz CT molecular complexity index is 562. The van der Waals surface area contributed by atoms with Gasteiger partial charge in [-0.25, -0.2) is 4.98 Å². The zero-order valence-corrected chi connectivity index (χ0v) is 12.5. The molecule has 1 N–H and O–H groups in total. The van der Waals surface area contributed by atoms with Gasteiger partial charge in [0.2, 0.25) is 0 Å². The van der Waals surface area contributed by atoms with Crippen molar-refractivity contribution in [2.45, 2.75) is 6.54 Å². The highest BCUT2D eigenvalue weighted by Gasteiger charge is 2.17. The summed E-state index contributed by atoms with van der Waals surface area (Å²) >= 11 is 0. The fourth-order valence-corrected chi connectivity index (χ4v) is 2.74. The molecular weight excluding hydrogens is 260 g/mol. The summed E-state index contributed by atoms with van der Waals surface area (Å²) in [4.78, 5) is 9.52. The minimum atomic E-state index is 0.929. The third kappa shape index (κ3) is 3.52. The van der Waals surface area contributed by atoms with E-state index < -0.39 is 0 Å². The van der Waals surface area contributed by atoms with E-state index in [1.165, 1.54) is 5.69 Å². The number of pyridine rings is 1. The molecule has 0 amide bonds. The van der Waals surface area contributed by atoms with Gasteiger partial charge in [-0.2, -0.15) is 0 Å². The molecule has 4 nitrogen and oxygen atoms in total. The summed E-state index contributed by atoms with van der Waals surface area (Å²) in [6, 6.07) is 16.8. The molecule has 1 saturated heterocycles. The Labute approximate surface area is 126 Å². The zero-order valence-electron chi connectivity index (χ0n) is 12.5. The fourth-order valence-electron chi connectivity index (χ4n) is 2.74. The molecule has 4 heteroatoms. The van der Waals surface area contributed by atoms with Crippen LogP contribution in [0, 0.1) is 0 Å². The largest absolute Gasteiger partial charge is 0.373 e. The van der Waals surface area contributed by atoms with E-state index in [0.717, 1.165) is 44.2 Å². The summed E-state index contributed by atoms with van der Waals surface area (Å²) in [5, 5.41) is 3.10. The van der Waals surface area contributed by atoms with Crippen LogP contribution in [0.1, 0.15) is 5.69 Å². The van der Waals surface area contributed by atoms with Gasteiger partial charge in [-0.05, 0) is 24.3 Å². The van der Waals surface area contributed by atoms with Gasteiger partial charge in [0.15, 0.2) is 0 Å². The number of aromatic nitrogens is 1. The molecule has 0 saturated carbocycles. The van der Waals surface area contributed by atoms with E-state index in [1.54, 1.807) is 0 Å². The number of hydrogen-bond acceptors (Lipinski definition) is 4. The molecule has 2 heterocycles. The Morgan fingerprint density at radius 3 is 2.43 bits per heavy atom. The maximum absolute atomic E-state index is 4.60. The van der Waals surface area contributed by atoms with Crippen LogP contribution in [0.25, 0.3) is 0 Å². The van der Waals surface area contributed by atoms with Gasteiger partial charge < -0.3 is 10.2 Å². The second kappa shape index (κ2) is 6.59. The molecule has 1 aliphatic rings. The Hall–Kier alpha value is -2.07. The molecular formula is C17H22N4. The van der Waals surface area contributed by atoms with E-state index in [1.807, 2.05) is 13.1 Å². The van der Waals surface area contributed by atoms with Crippen LogP contribution in [0.2, 0.25) is 0 Å². The maximum Gasteiger partial charge on any atom is 0.126 e. The molecule has 110 valence electrons. The average Bonchev–Trinajstić information content (AvgIpc) is 2.56. The van der Waals surface area contributed by atoms with Gasteiger partial charge in [-0.15, -0.1) is 0 Å². The average molecular weight is 282 g/mol. The molecule has 1 aromatic heterocycles. The lowest BCUT2D eigenvalue weighted by atomic mass is 10.2. The summed E-state index contributed by atoms with van der Waals surface area (Å²) in [7, 11) is 1.91. The highest BCUT2D eigenvalue weighted by molar-refractivity contribution is 5.46. The van der Waals surface area contributed by atoms with Crippen molar-refractivity contribution in [2.24, 2.45) is 0 Å². The summed E-state index contributed by atoms with van der Waals surface area (Å²) < 4.78 is 0. The van der Waals surface area contributed by atoms with Gasteiger partial charge in [0.1, 0.15) is 5.82 Å². The van der Waals surface area contributed by atoms with Gasteiger partial charge in [0.25, 0.3) is 0 Å². The van der Waals surface area contributed by atoms with Crippen LogP contribution in [-0.2, 0) is 6.54 Å². The Balaban J connectivity index is 1.56. The number of para-hydroxylation sites is 1. The molecule has 0 spiro atoms. The molecule has 0 unspecified atom stereocenters. The number of nitrogens with one attached hydrogen (secondary N) is 1. The Morgan fingerprint density at radius 1 is 0.952 bits per heavy atom. The summed E-state index contributed by atoms with van der Waals surface area (Å²) in [5.41, 5.74) is 2.46. The quantitative estimate of drug-likeness (QED) is 0.933. The second-order valence-electron chi connectivity index (χ2n) is 5.36.